The number of carboxylic acids is 1. The first-order valence-electron chi connectivity index (χ1n) is 14.3. The van der Waals surface area contributed by atoms with Crippen LogP contribution >= 0.6 is 11.3 Å². The number of esters is 1. The quantitative estimate of drug-likeness (QED) is 0.183. The zero-order valence-corrected chi connectivity index (χ0v) is 25.9. The molecule has 44 heavy (non-hydrogen) atoms. The minimum Gasteiger partial charge on any atom is -0.480 e. The van der Waals surface area contributed by atoms with Crippen LogP contribution in [0.5, 0.6) is 5.75 Å². The van der Waals surface area contributed by atoms with E-state index in [9.17, 15) is 23.1 Å². The van der Waals surface area contributed by atoms with Crippen LogP contribution in [0, 0.1) is 6.92 Å². The Morgan fingerprint density at radius 1 is 0.955 bits per heavy atom. The predicted octanol–water partition coefficient (Wildman–Crippen LogP) is 5.95. The Labute approximate surface area is 261 Å². The predicted molar refractivity (Wildman–Crippen MR) is 170 cm³/mol. The van der Waals surface area contributed by atoms with E-state index < -0.39 is 28.6 Å². The van der Waals surface area contributed by atoms with Gasteiger partial charge in [0.25, 0.3) is 0 Å². The summed E-state index contributed by atoms with van der Waals surface area (Å²) >= 11 is 1.20. The molecule has 2 heterocycles. The molecule has 0 radical (unpaired) electrons. The number of piperidine rings is 1. The summed E-state index contributed by atoms with van der Waals surface area (Å²) in [6.45, 7) is 2.17. The summed E-state index contributed by atoms with van der Waals surface area (Å²) in [4.78, 5) is 25.3. The molecule has 0 unspecified atom stereocenters. The number of nitrogens with zero attached hydrogens (tertiary/aromatic N) is 1. The first-order valence-corrected chi connectivity index (χ1v) is 16.7. The van der Waals surface area contributed by atoms with Crippen molar-refractivity contribution in [2.24, 2.45) is 0 Å². The van der Waals surface area contributed by atoms with Gasteiger partial charge in [-0.25, -0.2) is 22.3 Å². The van der Waals surface area contributed by atoms with Crippen LogP contribution in [0.1, 0.15) is 39.2 Å². The van der Waals surface area contributed by atoms with Crippen molar-refractivity contribution in [3.8, 4) is 16.2 Å². The summed E-state index contributed by atoms with van der Waals surface area (Å²) in [5.41, 5.74) is 3.96. The van der Waals surface area contributed by atoms with Crippen molar-refractivity contribution in [2.45, 2.75) is 38.2 Å². The zero-order chi connectivity index (χ0) is 31.1. The number of rotatable bonds is 12. The minimum absolute atomic E-state index is 0.00585. The number of carboxylic acid groups (broad SMARTS) is 1. The summed E-state index contributed by atoms with van der Waals surface area (Å²) in [5, 5.41) is 12.7. The van der Waals surface area contributed by atoms with Gasteiger partial charge in [0.2, 0.25) is 10.0 Å². The summed E-state index contributed by atoms with van der Waals surface area (Å²) in [6.07, 6.45) is 1.34. The number of thiophene rings is 1. The van der Waals surface area contributed by atoms with E-state index in [4.69, 9.17) is 9.47 Å². The van der Waals surface area contributed by atoms with Crippen LogP contribution in [0.3, 0.4) is 0 Å². The molecule has 4 aromatic rings. The Morgan fingerprint density at radius 3 is 2.27 bits per heavy atom. The summed E-state index contributed by atoms with van der Waals surface area (Å²) in [6, 6.07) is 26.3. The van der Waals surface area contributed by atoms with Crippen LogP contribution in [-0.2, 0) is 31.9 Å². The maximum Gasteiger partial charge on any atom is 0.352 e. The van der Waals surface area contributed by atoms with Crippen molar-refractivity contribution >= 4 is 39.0 Å². The Balaban J connectivity index is 1.27. The molecule has 1 aromatic heterocycles. The van der Waals surface area contributed by atoms with Gasteiger partial charge < -0.3 is 19.9 Å². The third-order valence-electron chi connectivity index (χ3n) is 7.36. The third-order valence-corrected chi connectivity index (χ3v) is 10.5. The van der Waals surface area contributed by atoms with E-state index in [2.05, 4.69) is 5.32 Å². The molecule has 0 aliphatic carbocycles. The van der Waals surface area contributed by atoms with Gasteiger partial charge in [0.05, 0.1) is 5.75 Å². The smallest absolute Gasteiger partial charge is 0.352 e. The molecule has 0 saturated carbocycles. The van der Waals surface area contributed by atoms with Crippen molar-refractivity contribution in [1.29, 1.82) is 0 Å². The Bertz CT molecular complexity index is 1700. The second-order valence-electron chi connectivity index (χ2n) is 10.6. The number of aliphatic carboxylic acids is 1. The normalized spacial score (nSPS) is 14.2. The highest BCUT2D eigenvalue weighted by Gasteiger charge is 2.29. The van der Waals surface area contributed by atoms with Gasteiger partial charge in [-0.1, -0.05) is 72.8 Å². The Hall–Kier alpha value is -4.19. The van der Waals surface area contributed by atoms with Crippen LogP contribution in [0.15, 0.2) is 84.9 Å². The molecule has 0 spiro atoms. The second-order valence-corrected chi connectivity index (χ2v) is 13.6. The lowest BCUT2D eigenvalue weighted by Gasteiger charge is -2.32. The summed E-state index contributed by atoms with van der Waals surface area (Å²) in [5.74, 6) is -1.54. The highest BCUT2D eigenvalue weighted by molar-refractivity contribution is 7.88. The number of carbonyl (C=O) groups is 2. The standard InChI is InChI=1S/C33H34N2O7S2/c1-23-30(41-21-29(36)37)32(33(38)42-20-24-9-4-2-5-10-24)43-31(23)26-13-8-14-28(19-26)34-27-15-17-35(18-16-27)44(39,40)22-25-11-6-3-7-12-25/h2-14,19,27,34H,15-18,20-22H2,1H3,(H,36,37). The maximum absolute atomic E-state index is 13.1. The van der Waals surface area contributed by atoms with E-state index in [0.29, 0.717) is 31.5 Å². The summed E-state index contributed by atoms with van der Waals surface area (Å²) in [7, 11) is -3.40. The molecule has 0 amide bonds. The van der Waals surface area contributed by atoms with Crippen LogP contribution in [-0.4, -0.2) is 55.5 Å². The van der Waals surface area contributed by atoms with E-state index in [1.807, 2.05) is 84.9 Å². The van der Waals surface area contributed by atoms with Gasteiger partial charge in [0.15, 0.2) is 11.5 Å². The Kier molecular flexibility index (Phi) is 9.99. The van der Waals surface area contributed by atoms with Gasteiger partial charge in [0, 0.05) is 35.3 Å². The van der Waals surface area contributed by atoms with Crippen molar-refractivity contribution in [1.82, 2.24) is 4.31 Å². The van der Waals surface area contributed by atoms with Crippen LogP contribution in [0.2, 0.25) is 0 Å². The monoisotopic (exact) mass is 634 g/mol. The fourth-order valence-electron chi connectivity index (χ4n) is 5.14. The van der Waals surface area contributed by atoms with Gasteiger partial charge >= 0.3 is 11.9 Å². The molecule has 1 aliphatic rings. The number of nitrogens with one attached hydrogen (secondary N) is 1. The lowest BCUT2D eigenvalue weighted by Crippen LogP contribution is -2.42. The molecule has 3 aromatic carbocycles. The molecule has 9 nitrogen and oxygen atoms in total. The molecule has 0 bridgehead atoms. The van der Waals surface area contributed by atoms with Crippen molar-refractivity contribution in [3.05, 3.63) is 106 Å². The topological polar surface area (TPSA) is 122 Å². The zero-order valence-electron chi connectivity index (χ0n) is 24.3. The first-order chi connectivity index (χ1) is 21.2. The molecular formula is C33H34N2O7S2. The SMILES string of the molecule is Cc1c(-c2cccc(NC3CCN(S(=O)(=O)Cc4ccccc4)CC3)c2)sc(C(=O)OCc2ccccc2)c1OCC(=O)O. The minimum atomic E-state index is -3.40. The Morgan fingerprint density at radius 2 is 1.61 bits per heavy atom. The molecule has 1 saturated heterocycles. The average molecular weight is 635 g/mol. The summed E-state index contributed by atoms with van der Waals surface area (Å²) < 4.78 is 38.6. The fourth-order valence-corrected chi connectivity index (χ4v) is 7.85. The molecular weight excluding hydrogens is 601 g/mol. The maximum atomic E-state index is 13.1. The number of benzene rings is 3. The highest BCUT2D eigenvalue weighted by atomic mass is 32.2. The molecule has 1 aliphatic heterocycles. The first kappa shape index (κ1) is 31.2. The van der Waals surface area contributed by atoms with E-state index >= 15 is 0 Å². The van der Waals surface area contributed by atoms with Crippen molar-refractivity contribution in [2.75, 3.05) is 25.0 Å². The molecule has 5 rings (SSSR count). The largest absolute Gasteiger partial charge is 0.480 e. The molecule has 230 valence electrons. The van der Waals surface area contributed by atoms with Gasteiger partial charge in [-0.15, -0.1) is 11.3 Å². The van der Waals surface area contributed by atoms with E-state index in [0.717, 1.165) is 27.3 Å². The highest BCUT2D eigenvalue weighted by Crippen LogP contribution is 2.42. The fraction of sp³-hybridized carbons (Fsp3) is 0.273. The van der Waals surface area contributed by atoms with E-state index in [1.165, 1.54) is 11.3 Å². The van der Waals surface area contributed by atoms with Crippen LogP contribution in [0.4, 0.5) is 5.69 Å². The van der Waals surface area contributed by atoms with Gasteiger partial charge in [0.1, 0.15) is 12.4 Å². The molecule has 11 heteroatoms. The van der Waals surface area contributed by atoms with Crippen LogP contribution < -0.4 is 10.1 Å². The number of sulfonamides is 1. The number of hydrogen-bond donors (Lipinski definition) is 2. The third kappa shape index (κ3) is 7.85. The number of ether oxygens (including phenoxy) is 2. The second kappa shape index (κ2) is 14.1. The van der Waals surface area contributed by atoms with Crippen LogP contribution in [0.25, 0.3) is 10.4 Å². The molecule has 0 atom stereocenters. The van der Waals surface area contributed by atoms with Crippen molar-refractivity contribution < 1.29 is 32.6 Å². The molecule has 1 fully saturated rings. The average Bonchev–Trinajstić information content (AvgIpc) is 3.36. The van der Waals surface area contributed by atoms with Crippen molar-refractivity contribution in [3.63, 3.8) is 0 Å². The molecule has 2 N–H and O–H groups in total. The van der Waals surface area contributed by atoms with E-state index in [-0.39, 0.29) is 29.0 Å². The number of hydrogen-bond acceptors (Lipinski definition) is 8. The van der Waals surface area contributed by atoms with Gasteiger partial charge in [-0.3, -0.25) is 0 Å². The number of carbonyl (C=O) groups excluding carboxylic acids is 1. The van der Waals surface area contributed by atoms with Gasteiger partial charge in [-0.2, -0.15) is 0 Å². The number of anilines is 1. The van der Waals surface area contributed by atoms with Gasteiger partial charge in [-0.05, 0) is 48.6 Å². The lowest BCUT2D eigenvalue weighted by atomic mass is 10.0. The van der Waals surface area contributed by atoms with E-state index in [1.54, 1.807) is 11.2 Å². The lowest BCUT2D eigenvalue weighted by molar-refractivity contribution is -0.139.